The Hall–Kier alpha value is -1.03. The van der Waals surface area contributed by atoms with Gasteiger partial charge in [-0.05, 0) is 57.7 Å². The molecule has 19 heavy (non-hydrogen) atoms. The monoisotopic (exact) mass is 279 g/mol. The second kappa shape index (κ2) is 6.94. The Morgan fingerprint density at radius 3 is 2.89 bits per heavy atom. The standard InChI is InChI=1S/C15H22ClN3/c1-19(2)8-4-3-7-17-10-12-11-18-15-9-13(16)5-6-14(12)15/h5-6,9,11,17-18H,3-4,7-8,10H2,1-2H3. The van der Waals surface area contributed by atoms with Gasteiger partial charge in [-0.2, -0.15) is 0 Å². The van der Waals surface area contributed by atoms with Gasteiger partial charge in [0.2, 0.25) is 0 Å². The molecule has 0 atom stereocenters. The van der Waals surface area contributed by atoms with Gasteiger partial charge in [0, 0.05) is 28.7 Å². The van der Waals surface area contributed by atoms with Crippen molar-refractivity contribution >= 4 is 22.5 Å². The van der Waals surface area contributed by atoms with E-state index in [4.69, 9.17) is 11.6 Å². The largest absolute Gasteiger partial charge is 0.361 e. The summed E-state index contributed by atoms with van der Waals surface area (Å²) in [5.41, 5.74) is 2.41. The van der Waals surface area contributed by atoms with Gasteiger partial charge in [0.1, 0.15) is 0 Å². The second-order valence-electron chi connectivity index (χ2n) is 5.19. The Labute approximate surface area is 119 Å². The SMILES string of the molecule is CN(C)CCCCNCc1c[nH]c2cc(Cl)ccc12. The summed E-state index contributed by atoms with van der Waals surface area (Å²) < 4.78 is 0. The lowest BCUT2D eigenvalue weighted by Crippen LogP contribution is -2.17. The molecule has 3 nitrogen and oxygen atoms in total. The molecule has 0 aliphatic carbocycles. The number of unbranched alkanes of at least 4 members (excludes halogenated alkanes) is 1. The van der Waals surface area contributed by atoms with Crippen molar-refractivity contribution in [3.05, 3.63) is 35.0 Å². The predicted molar refractivity (Wildman–Crippen MR) is 82.8 cm³/mol. The molecular formula is C15H22ClN3. The highest BCUT2D eigenvalue weighted by Gasteiger charge is 2.03. The van der Waals surface area contributed by atoms with Crippen LogP contribution in [0.2, 0.25) is 5.02 Å². The molecular weight excluding hydrogens is 258 g/mol. The van der Waals surface area contributed by atoms with Crippen LogP contribution in [0.4, 0.5) is 0 Å². The Bertz CT molecular complexity index is 519. The minimum atomic E-state index is 0.776. The van der Waals surface area contributed by atoms with Crippen molar-refractivity contribution in [3.63, 3.8) is 0 Å². The molecule has 0 aliphatic rings. The van der Waals surface area contributed by atoms with Gasteiger partial charge in [-0.1, -0.05) is 17.7 Å². The molecule has 1 aromatic heterocycles. The van der Waals surface area contributed by atoms with E-state index in [0.717, 1.165) is 30.2 Å². The number of fused-ring (bicyclic) bond motifs is 1. The number of aromatic amines is 1. The first-order chi connectivity index (χ1) is 9.16. The average molecular weight is 280 g/mol. The Morgan fingerprint density at radius 1 is 1.26 bits per heavy atom. The van der Waals surface area contributed by atoms with Crippen LogP contribution in [0.1, 0.15) is 18.4 Å². The van der Waals surface area contributed by atoms with E-state index in [1.807, 2.05) is 12.1 Å². The van der Waals surface area contributed by atoms with Crippen molar-refractivity contribution < 1.29 is 0 Å². The molecule has 0 radical (unpaired) electrons. The maximum Gasteiger partial charge on any atom is 0.0472 e. The number of hydrogen-bond donors (Lipinski definition) is 2. The molecule has 2 N–H and O–H groups in total. The van der Waals surface area contributed by atoms with E-state index in [1.54, 1.807) is 0 Å². The molecule has 0 saturated carbocycles. The Balaban J connectivity index is 1.79. The van der Waals surface area contributed by atoms with E-state index in [2.05, 4.69) is 41.6 Å². The fourth-order valence-electron chi connectivity index (χ4n) is 2.21. The first-order valence-corrected chi connectivity index (χ1v) is 7.15. The summed E-state index contributed by atoms with van der Waals surface area (Å²) in [5.74, 6) is 0. The predicted octanol–water partition coefficient (Wildman–Crippen LogP) is 3.25. The lowest BCUT2D eigenvalue weighted by Gasteiger charge is -2.09. The molecule has 0 fully saturated rings. The van der Waals surface area contributed by atoms with Crippen LogP contribution in [0, 0.1) is 0 Å². The number of hydrogen-bond acceptors (Lipinski definition) is 2. The van der Waals surface area contributed by atoms with Crippen LogP contribution >= 0.6 is 11.6 Å². The molecule has 0 aliphatic heterocycles. The van der Waals surface area contributed by atoms with Gasteiger partial charge in [0.15, 0.2) is 0 Å². The second-order valence-corrected chi connectivity index (χ2v) is 5.63. The van der Waals surface area contributed by atoms with Gasteiger partial charge in [0.05, 0.1) is 0 Å². The molecule has 0 amide bonds. The van der Waals surface area contributed by atoms with Crippen molar-refractivity contribution in [2.24, 2.45) is 0 Å². The lowest BCUT2D eigenvalue weighted by molar-refractivity contribution is 0.391. The Morgan fingerprint density at radius 2 is 2.11 bits per heavy atom. The molecule has 4 heteroatoms. The molecule has 104 valence electrons. The van der Waals surface area contributed by atoms with Crippen molar-refractivity contribution in [2.45, 2.75) is 19.4 Å². The van der Waals surface area contributed by atoms with Gasteiger partial charge in [0.25, 0.3) is 0 Å². The normalized spacial score (nSPS) is 11.6. The molecule has 2 aromatic rings. The third-order valence-corrected chi connectivity index (χ3v) is 3.49. The summed E-state index contributed by atoms with van der Waals surface area (Å²) in [4.78, 5) is 5.49. The first-order valence-electron chi connectivity index (χ1n) is 6.78. The highest BCUT2D eigenvalue weighted by atomic mass is 35.5. The summed E-state index contributed by atoms with van der Waals surface area (Å²) in [6.45, 7) is 3.13. The van der Waals surface area contributed by atoms with Gasteiger partial charge in [-0.15, -0.1) is 0 Å². The van der Waals surface area contributed by atoms with Crippen LogP contribution in [0.5, 0.6) is 0 Å². The summed E-state index contributed by atoms with van der Waals surface area (Å²) in [5, 5.41) is 5.53. The van der Waals surface area contributed by atoms with Crippen LogP contribution in [-0.4, -0.2) is 37.1 Å². The lowest BCUT2D eigenvalue weighted by atomic mass is 10.2. The molecule has 0 spiro atoms. The highest BCUT2D eigenvalue weighted by molar-refractivity contribution is 6.31. The highest BCUT2D eigenvalue weighted by Crippen LogP contribution is 2.21. The third kappa shape index (κ3) is 4.23. The van der Waals surface area contributed by atoms with E-state index in [1.165, 1.54) is 23.8 Å². The molecule has 2 rings (SSSR count). The summed E-state index contributed by atoms with van der Waals surface area (Å²) in [6.07, 6.45) is 4.52. The number of benzene rings is 1. The fourth-order valence-corrected chi connectivity index (χ4v) is 2.38. The zero-order chi connectivity index (χ0) is 13.7. The van der Waals surface area contributed by atoms with Crippen molar-refractivity contribution in [1.29, 1.82) is 0 Å². The number of rotatable bonds is 7. The number of nitrogens with zero attached hydrogens (tertiary/aromatic N) is 1. The number of halogens is 1. The van der Waals surface area contributed by atoms with E-state index in [0.29, 0.717) is 0 Å². The minimum Gasteiger partial charge on any atom is -0.361 e. The fraction of sp³-hybridized carbons (Fsp3) is 0.467. The zero-order valence-electron chi connectivity index (χ0n) is 11.7. The van der Waals surface area contributed by atoms with Crippen LogP contribution in [0.25, 0.3) is 10.9 Å². The van der Waals surface area contributed by atoms with Crippen LogP contribution in [-0.2, 0) is 6.54 Å². The molecule has 0 unspecified atom stereocenters. The van der Waals surface area contributed by atoms with Crippen molar-refractivity contribution in [1.82, 2.24) is 15.2 Å². The number of nitrogens with one attached hydrogen (secondary N) is 2. The van der Waals surface area contributed by atoms with Crippen LogP contribution in [0.3, 0.4) is 0 Å². The smallest absolute Gasteiger partial charge is 0.0472 e. The number of aromatic nitrogens is 1. The summed E-state index contributed by atoms with van der Waals surface area (Å²) in [7, 11) is 4.23. The third-order valence-electron chi connectivity index (χ3n) is 3.25. The molecule has 0 saturated heterocycles. The molecule has 0 bridgehead atoms. The summed E-state index contributed by atoms with van der Waals surface area (Å²) >= 11 is 5.98. The maximum absolute atomic E-state index is 5.98. The van der Waals surface area contributed by atoms with Gasteiger partial charge < -0.3 is 15.2 Å². The van der Waals surface area contributed by atoms with Gasteiger partial charge >= 0.3 is 0 Å². The number of H-pyrrole nitrogens is 1. The zero-order valence-corrected chi connectivity index (χ0v) is 12.4. The van der Waals surface area contributed by atoms with E-state index in [-0.39, 0.29) is 0 Å². The Kier molecular flexibility index (Phi) is 5.25. The van der Waals surface area contributed by atoms with E-state index >= 15 is 0 Å². The van der Waals surface area contributed by atoms with Crippen LogP contribution in [0.15, 0.2) is 24.4 Å². The minimum absolute atomic E-state index is 0.776. The van der Waals surface area contributed by atoms with Crippen molar-refractivity contribution in [2.75, 3.05) is 27.2 Å². The molecule has 1 heterocycles. The maximum atomic E-state index is 5.98. The van der Waals surface area contributed by atoms with Gasteiger partial charge in [-0.3, -0.25) is 0 Å². The quantitative estimate of drug-likeness (QED) is 0.763. The van der Waals surface area contributed by atoms with E-state index < -0.39 is 0 Å². The topological polar surface area (TPSA) is 31.1 Å². The average Bonchev–Trinajstić information content (AvgIpc) is 2.75. The molecule has 1 aromatic carbocycles. The van der Waals surface area contributed by atoms with E-state index in [9.17, 15) is 0 Å². The van der Waals surface area contributed by atoms with Gasteiger partial charge in [-0.25, -0.2) is 0 Å². The van der Waals surface area contributed by atoms with Crippen LogP contribution < -0.4 is 5.32 Å². The first kappa shape index (κ1) is 14.4. The van der Waals surface area contributed by atoms with Crippen molar-refractivity contribution in [3.8, 4) is 0 Å². The summed E-state index contributed by atoms with van der Waals surface area (Å²) in [6, 6.07) is 5.99.